The molecule has 1 unspecified atom stereocenters. The molecule has 1 aromatic rings. The number of methoxy groups -OCH3 is 1. The Morgan fingerprint density at radius 2 is 1.75 bits per heavy atom. The molecular weight excluding hydrogens is 448 g/mol. The van der Waals surface area contributed by atoms with Gasteiger partial charge in [0.1, 0.15) is 5.75 Å². The SMILES string of the molecule is COc1ccc2c(c1)CC[C@@H]1[C@@H]2CC[C@]2(C)C(NCCCCCCN3C(=O)C(C)=C(C)C3=O)CC[C@@H]12. The first kappa shape index (κ1) is 25.5. The molecule has 5 nitrogen and oxygen atoms in total. The van der Waals surface area contributed by atoms with Gasteiger partial charge in [0.15, 0.2) is 0 Å². The monoisotopic (exact) mass is 492 g/mol. The minimum atomic E-state index is -0.0981. The molecule has 1 heterocycles. The number of rotatable bonds is 9. The molecule has 0 radical (unpaired) electrons. The number of ether oxygens (including phenoxy) is 1. The number of carbonyl (C=O) groups is 2. The van der Waals surface area contributed by atoms with Gasteiger partial charge in [0.2, 0.25) is 0 Å². The molecule has 1 aromatic carbocycles. The zero-order chi connectivity index (χ0) is 25.4. The third kappa shape index (κ3) is 4.42. The molecule has 5 heteroatoms. The maximum absolute atomic E-state index is 12.2. The highest BCUT2D eigenvalue weighted by molar-refractivity contribution is 6.18. The molecule has 2 fully saturated rings. The van der Waals surface area contributed by atoms with Crippen LogP contribution in [0.2, 0.25) is 0 Å². The lowest BCUT2D eigenvalue weighted by molar-refractivity contribution is -0.137. The van der Waals surface area contributed by atoms with E-state index in [1.165, 1.54) is 49.0 Å². The molecule has 1 N–H and O–H groups in total. The zero-order valence-corrected chi connectivity index (χ0v) is 22.7. The van der Waals surface area contributed by atoms with Crippen molar-refractivity contribution < 1.29 is 14.3 Å². The van der Waals surface area contributed by atoms with Gasteiger partial charge in [-0.2, -0.15) is 0 Å². The Hall–Kier alpha value is -2.14. The van der Waals surface area contributed by atoms with Crippen molar-refractivity contribution in [1.29, 1.82) is 0 Å². The summed E-state index contributed by atoms with van der Waals surface area (Å²) in [5.74, 6) is 3.19. The Kier molecular flexibility index (Phi) is 7.31. The van der Waals surface area contributed by atoms with Crippen LogP contribution in [0.15, 0.2) is 29.3 Å². The first-order valence-corrected chi connectivity index (χ1v) is 14.3. The Morgan fingerprint density at radius 1 is 1.00 bits per heavy atom. The van der Waals surface area contributed by atoms with Gasteiger partial charge in [0, 0.05) is 23.7 Å². The van der Waals surface area contributed by atoms with Crippen molar-refractivity contribution in [2.45, 2.75) is 96.9 Å². The number of amides is 2. The molecule has 5 atom stereocenters. The van der Waals surface area contributed by atoms with Crippen LogP contribution >= 0.6 is 0 Å². The molecule has 0 saturated heterocycles. The first-order valence-electron chi connectivity index (χ1n) is 14.3. The van der Waals surface area contributed by atoms with E-state index in [1.54, 1.807) is 26.5 Å². The van der Waals surface area contributed by atoms with Crippen molar-refractivity contribution in [2.75, 3.05) is 20.2 Å². The highest BCUT2D eigenvalue weighted by Crippen LogP contribution is 2.61. The van der Waals surface area contributed by atoms with E-state index < -0.39 is 0 Å². The number of fused-ring (bicyclic) bond motifs is 5. The second-order valence-corrected chi connectivity index (χ2v) is 12.0. The van der Waals surface area contributed by atoms with E-state index in [9.17, 15) is 9.59 Å². The van der Waals surface area contributed by atoms with Gasteiger partial charge in [-0.3, -0.25) is 14.5 Å². The van der Waals surface area contributed by atoms with Crippen LogP contribution in [0.4, 0.5) is 0 Å². The summed E-state index contributed by atoms with van der Waals surface area (Å²) < 4.78 is 5.48. The van der Waals surface area contributed by atoms with Crippen molar-refractivity contribution in [2.24, 2.45) is 17.3 Å². The number of aryl methyl sites for hydroxylation is 1. The van der Waals surface area contributed by atoms with Crippen molar-refractivity contribution in [1.82, 2.24) is 10.2 Å². The van der Waals surface area contributed by atoms with Gasteiger partial charge in [-0.25, -0.2) is 0 Å². The summed E-state index contributed by atoms with van der Waals surface area (Å²) in [6, 6.07) is 7.43. The second kappa shape index (κ2) is 10.3. The van der Waals surface area contributed by atoms with Crippen LogP contribution in [0.1, 0.15) is 95.6 Å². The van der Waals surface area contributed by atoms with Crippen LogP contribution in [0.25, 0.3) is 0 Å². The molecule has 4 aliphatic rings. The van der Waals surface area contributed by atoms with E-state index in [4.69, 9.17) is 4.74 Å². The van der Waals surface area contributed by atoms with Crippen molar-refractivity contribution in [3.8, 4) is 5.75 Å². The minimum absolute atomic E-state index is 0.0981. The van der Waals surface area contributed by atoms with E-state index in [1.807, 2.05) is 0 Å². The Balaban J connectivity index is 1.07. The highest BCUT2D eigenvalue weighted by Gasteiger charge is 2.54. The lowest BCUT2D eigenvalue weighted by Crippen LogP contribution is -2.48. The maximum Gasteiger partial charge on any atom is 0.256 e. The molecule has 36 heavy (non-hydrogen) atoms. The number of nitrogens with zero attached hydrogens (tertiary/aromatic N) is 1. The quantitative estimate of drug-likeness (QED) is 0.351. The topological polar surface area (TPSA) is 58.6 Å². The fraction of sp³-hybridized carbons (Fsp3) is 0.677. The smallest absolute Gasteiger partial charge is 0.256 e. The predicted octanol–water partition coefficient (Wildman–Crippen LogP) is 5.78. The van der Waals surface area contributed by atoms with Gasteiger partial charge < -0.3 is 10.1 Å². The average molecular weight is 493 g/mol. The Morgan fingerprint density at radius 3 is 2.50 bits per heavy atom. The van der Waals surface area contributed by atoms with E-state index in [0.717, 1.165) is 55.7 Å². The molecule has 0 bridgehead atoms. The highest BCUT2D eigenvalue weighted by atomic mass is 16.5. The summed E-state index contributed by atoms with van der Waals surface area (Å²) in [6.45, 7) is 7.72. The van der Waals surface area contributed by atoms with Crippen LogP contribution in [0.5, 0.6) is 5.75 Å². The molecule has 3 aliphatic carbocycles. The van der Waals surface area contributed by atoms with E-state index in [2.05, 4.69) is 30.4 Å². The number of hydrogen-bond donors (Lipinski definition) is 1. The van der Waals surface area contributed by atoms with E-state index in [0.29, 0.717) is 29.1 Å². The largest absolute Gasteiger partial charge is 0.497 e. The van der Waals surface area contributed by atoms with Gasteiger partial charge in [-0.15, -0.1) is 0 Å². The summed E-state index contributed by atoms with van der Waals surface area (Å²) in [7, 11) is 1.77. The second-order valence-electron chi connectivity index (χ2n) is 12.0. The third-order valence-corrected chi connectivity index (χ3v) is 10.3. The summed E-state index contributed by atoms with van der Waals surface area (Å²) in [4.78, 5) is 25.8. The first-order chi connectivity index (χ1) is 17.3. The van der Waals surface area contributed by atoms with Crippen LogP contribution in [-0.2, 0) is 16.0 Å². The van der Waals surface area contributed by atoms with Gasteiger partial charge in [-0.1, -0.05) is 25.8 Å². The van der Waals surface area contributed by atoms with Crippen molar-refractivity contribution >= 4 is 11.8 Å². The molecule has 2 saturated carbocycles. The normalized spacial score (nSPS) is 31.5. The lowest BCUT2D eigenvalue weighted by Gasteiger charge is -2.51. The number of imide groups is 1. The van der Waals surface area contributed by atoms with Gasteiger partial charge in [-0.05, 0) is 118 Å². The predicted molar refractivity (Wildman–Crippen MR) is 143 cm³/mol. The van der Waals surface area contributed by atoms with E-state index >= 15 is 0 Å². The summed E-state index contributed by atoms with van der Waals surface area (Å²) >= 11 is 0. The van der Waals surface area contributed by atoms with Crippen LogP contribution < -0.4 is 10.1 Å². The molecule has 5 rings (SSSR count). The molecular formula is C31H44N2O3. The van der Waals surface area contributed by atoms with Crippen LogP contribution in [-0.4, -0.2) is 43.0 Å². The minimum Gasteiger partial charge on any atom is -0.497 e. The molecule has 0 aromatic heterocycles. The molecule has 1 aliphatic heterocycles. The summed E-state index contributed by atoms with van der Waals surface area (Å²) in [5, 5.41) is 3.97. The Bertz CT molecular complexity index is 1020. The number of hydrogen-bond acceptors (Lipinski definition) is 4. The number of unbranched alkanes of at least 4 members (excludes halogenated alkanes) is 3. The molecule has 196 valence electrons. The van der Waals surface area contributed by atoms with Crippen molar-refractivity contribution in [3.05, 3.63) is 40.5 Å². The van der Waals surface area contributed by atoms with Gasteiger partial charge in [0.05, 0.1) is 7.11 Å². The Labute approximate surface area is 217 Å². The standard InChI is InChI=1S/C31H44N2O3/c1-20-21(2)30(35)33(29(20)34)18-8-6-5-7-17-32-28-14-13-27-26-11-9-22-19-23(36-4)10-12-24(22)25(26)15-16-31(27,28)3/h10,12,19,25-28,32H,5-9,11,13-18H2,1-4H3/t25-,26-,27+,28?,31+/m1/s1. The van der Waals surface area contributed by atoms with E-state index in [-0.39, 0.29) is 11.8 Å². The van der Waals surface area contributed by atoms with Crippen LogP contribution in [0.3, 0.4) is 0 Å². The van der Waals surface area contributed by atoms with Crippen LogP contribution in [0, 0.1) is 17.3 Å². The summed E-state index contributed by atoms with van der Waals surface area (Å²) in [6.07, 6.45) is 12.1. The molecule has 2 amide bonds. The van der Waals surface area contributed by atoms with Gasteiger partial charge >= 0.3 is 0 Å². The van der Waals surface area contributed by atoms with Crippen molar-refractivity contribution in [3.63, 3.8) is 0 Å². The number of carbonyl (C=O) groups excluding carboxylic acids is 2. The fourth-order valence-corrected chi connectivity index (χ4v) is 8.07. The zero-order valence-electron chi connectivity index (χ0n) is 22.7. The fourth-order valence-electron chi connectivity index (χ4n) is 8.07. The number of benzene rings is 1. The lowest BCUT2D eigenvalue weighted by atomic mass is 9.55. The third-order valence-electron chi connectivity index (χ3n) is 10.3. The van der Waals surface area contributed by atoms with Gasteiger partial charge in [0.25, 0.3) is 11.8 Å². The molecule has 0 spiro atoms. The maximum atomic E-state index is 12.2. The number of nitrogens with one attached hydrogen (secondary N) is 1. The summed E-state index contributed by atoms with van der Waals surface area (Å²) in [5.41, 5.74) is 4.76. The average Bonchev–Trinajstić information content (AvgIpc) is 3.32.